The van der Waals surface area contributed by atoms with E-state index < -0.39 is 0 Å². The number of hydrogen-bond acceptors (Lipinski definition) is 2. The molecule has 0 amide bonds. The summed E-state index contributed by atoms with van der Waals surface area (Å²) in [5.41, 5.74) is 0.656. The van der Waals surface area contributed by atoms with Crippen molar-refractivity contribution in [1.82, 2.24) is 0 Å². The van der Waals surface area contributed by atoms with Gasteiger partial charge in [0.2, 0.25) is 0 Å². The Labute approximate surface area is 78.6 Å². The fourth-order valence-electron chi connectivity index (χ4n) is 2.71. The maximum atomic E-state index is 11.5. The average Bonchev–Trinajstić information content (AvgIpc) is 2.17. The van der Waals surface area contributed by atoms with Gasteiger partial charge in [0, 0.05) is 12.0 Å². The number of carbonyl (C=O) groups excluding carboxylic acids is 1. The Kier molecular flexibility index (Phi) is 2.38. The molecule has 13 heavy (non-hydrogen) atoms. The summed E-state index contributed by atoms with van der Waals surface area (Å²) >= 11 is 0. The quantitative estimate of drug-likeness (QED) is 0.459. The first-order valence-corrected chi connectivity index (χ1v) is 5.17. The van der Waals surface area contributed by atoms with Gasteiger partial charge in [-0.1, -0.05) is 12.8 Å². The Morgan fingerprint density at radius 3 is 2.38 bits per heavy atom. The topological polar surface area (TPSA) is 37.3 Å². The number of carbonyl (C=O) groups is 1. The lowest BCUT2D eigenvalue weighted by molar-refractivity contribution is -0.119. The number of hydrogen-bond donors (Lipinski definition) is 1. The van der Waals surface area contributed by atoms with Gasteiger partial charge in [0.25, 0.3) is 0 Å². The molecule has 2 heteroatoms. The highest BCUT2D eigenvalue weighted by Crippen LogP contribution is 2.40. The first-order valence-electron chi connectivity index (χ1n) is 5.17. The van der Waals surface area contributed by atoms with Crippen molar-refractivity contribution >= 4 is 5.78 Å². The van der Waals surface area contributed by atoms with Crippen molar-refractivity contribution < 1.29 is 9.90 Å². The van der Waals surface area contributed by atoms with E-state index in [4.69, 9.17) is 5.11 Å². The molecule has 2 unspecified atom stereocenters. The van der Waals surface area contributed by atoms with Crippen molar-refractivity contribution in [2.75, 3.05) is 0 Å². The summed E-state index contributed by atoms with van der Waals surface area (Å²) in [4.78, 5) is 11.5. The molecular formula is C11H16O2. The third kappa shape index (κ3) is 1.62. The van der Waals surface area contributed by atoms with Crippen molar-refractivity contribution in [3.8, 4) is 0 Å². The Balaban J connectivity index is 2.09. The van der Waals surface area contributed by atoms with Gasteiger partial charge in [-0.05, 0) is 31.1 Å². The van der Waals surface area contributed by atoms with Gasteiger partial charge in [0.1, 0.15) is 0 Å². The Morgan fingerprint density at radius 1 is 1.15 bits per heavy atom. The number of ketones is 1. The standard InChI is InChI=1S/C11H16O2/c12-7-10-5-8-3-1-2-4-9(8)6-11(10)13/h7-9,12H,1-6H2/b10-7+. The van der Waals surface area contributed by atoms with Crippen LogP contribution in [0.15, 0.2) is 11.8 Å². The molecule has 2 nitrogen and oxygen atoms in total. The van der Waals surface area contributed by atoms with Crippen LogP contribution in [-0.4, -0.2) is 10.9 Å². The summed E-state index contributed by atoms with van der Waals surface area (Å²) in [5.74, 6) is 1.46. The fraction of sp³-hybridized carbons (Fsp3) is 0.727. The minimum atomic E-state index is 0.172. The van der Waals surface area contributed by atoms with Crippen molar-refractivity contribution in [3.05, 3.63) is 11.8 Å². The normalized spacial score (nSPS) is 37.5. The van der Waals surface area contributed by atoms with E-state index in [-0.39, 0.29) is 5.78 Å². The van der Waals surface area contributed by atoms with Crippen LogP contribution in [0.3, 0.4) is 0 Å². The van der Waals surface area contributed by atoms with Crippen LogP contribution >= 0.6 is 0 Å². The predicted molar refractivity (Wildman–Crippen MR) is 50.4 cm³/mol. The third-order valence-corrected chi connectivity index (χ3v) is 3.51. The zero-order valence-corrected chi connectivity index (χ0v) is 7.83. The molecule has 0 bridgehead atoms. The molecule has 0 aromatic carbocycles. The van der Waals surface area contributed by atoms with Crippen LogP contribution in [-0.2, 0) is 4.79 Å². The molecule has 0 spiro atoms. The van der Waals surface area contributed by atoms with Gasteiger partial charge in [0.05, 0.1) is 6.26 Å². The largest absolute Gasteiger partial charge is 0.515 e. The Hall–Kier alpha value is -0.790. The molecule has 2 atom stereocenters. The third-order valence-electron chi connectivity index (χ3n) is 3.51. The first kappa shape index (κ1) is 8.79. The van der Waals surface area contributed by atoms with Crippen molar-refractivity contribution in [3.63, 3.8) is 0 Å². The summed E-state index contributed by atoms with van der Waals surface area (Å²) in [6.07, 6.45) is 7.56. The maximum Gasteiger partial charge on any atom is 0.162 e. The number of Topliss-reactive ketones (excluding diaryl/α,β-unsaturated/α-hetero) is 1. The summed E-state index contributed by atoms with van der Waals surface area (Å²) in [6, 6.07) is 0. The van der Waals surface area contributed by atoms with Gasteiger partial charge in [-0.2, -0.15) is 0 Å². The van der Waals surface area contributed by atoms with E-state index in [1.807, 2.05) is 0 Å². The van der Waals surface area contributed by atoms with Crippen LogP contribution in [0, 0.1) is 11.8 Å². The van der Waals surface area contributed by atoms with E-state index in [2.05, 4.69) is 0 Å². The predicted octanol–water partition coefficient (Wildman–Crippen LogP) is 2.60. The molecule has 0 saturated heterocycles. The number of rotatable bonds is 0. The molecular weight excluding hydrogens is 164 g/mol. The van der Waals surface area contributed by atoms with E-state index in [9.17, 15) is 4.79 Å². The number of aliphatic hydroxyl groups excluding tert-OH is 1. The van der Waals surface area contributed by atoms with Gasteiger partial charge < -0.3 is 5.11 Å². The van der Waals surface area contributed by atoms with E-state index in [0.717, 1.165) is 12.7 Å². The molecule has 72 valence electrons. The van der Waals surface area contributed by atoms with Crippen molar-refractivity contribution in [1.29, 1.82) is 0 Å². The van der Waals surface area contributed by atoms with Crippen LogP contribution in [0.25, 0.3) is 0 Å². The van der Waals surface area contributed by atoms with Crippen LogP contribution in [0.4, 0.5) is 0 Å². The average molecular weight is 180 g/mol. The second kappa shape index (κ2) is 3.52. The monoisotopic (exact) mass is 180 g/mol. The minimum Gasteiger partial charge on any atom is -0.515 e. The van der Waals surface area contributed by atoms with E-state index in [1.54, 1.807) is 0 Å². The first-order chi connectivity index (χ1) is 6.31. The van der Waals surface area contributed by atoms with Crippen molar-refractivity contribution in [2.45, 2.75) is 38.5 Å². The van der Waals surface area contributed by atoms with Crippen LogP contribution < -0.4 is 0 Å². The summed E-state index contributed by atoms with van der Waals surface area (Å²) in [6.45, 7) is 0. The molecule has 0 aromatic rings. The smallest absolute Gasteiger partial charge is 0.162 e. The highest BCUT2D eigenvalue weighted by molar-refractivity contribution is 5.96. The zero-order valence-electron chi connectivity index (χ0n) is 7.83. The van der Waals surface area contributed by atoms with Crippen LogP contribution in [0.5, 0.6) is 0 Å². The van der Waals surface area contributed by atoms with Crippen LogP contribution in [0.2, 0.25) is 0 Å². The molecule has 2 fully saturated rings. The minimum absolute atomic E-state index is 0.172. The molecule has 0 aliphatic heterocycles. The highest BCUT2D eigenvalue weighted by Gasteiger charge is 2.33. The molecule has 1 N–H and O–H groups in total. The summed E-state index contributed by atoms with van der Waals surface area (Å²) < 4.78 is 0. The fourth-order valence-corrected chi connectivity index (χ4v) is 2.71. The number of fused-ring (bicyclic) bond motifs is 1. The lowest BCUT2D eigenvalue weighted by Crippen LogP contribution is -2.29. The number of allylic oxidation sites excluding steroid dienone is 1. The highest BCUT2D eigenvalue weighted by atomic mass is 16.2. The second-order valence-corrected chi connectivity index (χ2v) is 4.29. The zero-order chi connectivity index (χ0) is 9.26. The molecule has 2 aliphatic rings. The van der Waals surface area contributed by atoms with E-state index in [1.165, 1.54) is 25.7 Å². The van der Waals surface area contributed by atoms with Gasteiger partial charge in [0.15, 0.2) is 5.78 Å². The summed E-state index contributed by atoms with van der Waals surface area (Å²) in [5, 5.41) is 8.87. The van der Waals surface area contributed by atoms with E-state index >= 15 is 0 Å². The molecule has 2 saturated carbocycles. The lowest BCUT2D eigenvalue weighted by atomic mass is 9.69. The molecule has 2 aliphatic carbocycles. The Bertz CT molecular complexity index is 242. The van der Waals surface area contributed by atoms with Gasteiger partial charge in [-0.15, -0.1) is 0 Å². The molecule has 2 rings (SSSR count). The van der Waals surface area contributed by atoms with Gasteiger partial charge in [-0.3, -0.25) is 4.79 Å². The SMILES string of the molecule is O=C1CC2CCCCC2C/C1=C\O. The van der Waals surface area contributed by atoms with Gasteiger partial charge in [-0.25, -0.2) is 0 Å². The number of aliphatic hydroxyl groups is 1. The Morgan fingerprint density at radius 2 is 1.77 bits per heavy atom. The summed E-state index contributed by atoms with van der Waals surface area (Å²) in [7, 11) is 0. The maximum absolute atomic E-state index is 11.5. The van der Waals surface area contributed by atoms with Gasteiger partial charge >= 0.3 is 0 Å². The second-order valence-electron chi connectivity index (χ2n) is 4.29. The van der Waals surface area contributed by atoms with E-state index in [0.29, 0.717) is 23.8 Å². The van der Waals surface area contributed by atoms with Crippen molar-refractivity contribution in [2.24, 2.45) is 11.8 Å². The molecule has 0 heterocycles. The molecule has 0 aromatic heterocycles. The lowest BCUT2D eigenvalue weighted by Gasteiger charge is -2.35. The molecule has 0 radical (unpaired) electrons. The van der Waals surface area contributed by atoms with Crippen LogP contribution in [0.1, 0.15) is 38.5 Å².